The van der Waals surface area contributed by atoms with E-state index >= 15 is 0 Å². The first kappa shape index (κ1) is 9.00. The molecule has 0 aromatic heterocycles. The molecule has 0 aliphatic carbocycles. The Balaban J connectivity index is 3.29. The second kappa shape index (κ2) is 4.84. The molecule has 0 aliphatic rings. The van der Waals surface area contributed by atoms with Crippen molar-refractivity contribution in [3.05, 3.63) is 0 Å². The number of hydrogen-bond acceptors (Lipinski definition) is 2. The van der Waals surface area contributed by atoms with E-state index in [0.717, 1.165) is 6.34 Å². The van der Waals surface area contributed by atoms with Crippen molar-refractivity contribution >= 4 is 12.2 Å². The van der Waals surface area contributed by atoms with E-state index in [-0.39, 0.29) is 5.91 Å². The summed E-state index contributed by atoms with van der Waals surface area (Å²) in [5, 5.41) is 2.14. The highest BCUT2D eigenvalue weighted by Crippen LogP contribution is 1.89. The van der Waals surface area contributed by atoms with Crippen LogP contribution in [0, 0.1) is 0 Å². The Morgan fingerprint density at radius 1 is 1.80 bits per heavy atom. The number of carbonyl (C=O) groups is 1. The normalized spacial score (nSPS) is 10.8. The molecule has 3 nitrogen and oxygen atoms in total. The first-order valence-corrected chi connectivity index (χ1v) is 2.66. The molecule has 5 heteroatoms. The third-order valence-corrected chi connectivity index (χ3v) is 0.603. The van der Waals surface area contributed by atoms with Gasteiger partial charge in [0.2, 0.25) is 5.91 Å². The Kier molecular flexibility index (Phi) is 4.36. The summed E-state index contributed by atoms with van der Waals surface area (Å²) in [4.78, 5) is 13.3. The Morgan fingerprint density at radius 2 is 2.40 bits per heavy atom. The minimum atomic E-state index is -2.45. The standard InChI is InChI=1S/C5H8F2N2O/c1-4(10)9-3-8-2-5(6)7/h3,5H,2H2,1H3,(H,8,9,10). The minimum Gasteiger partial charge on any atom is -0.317 e. The van der Waals surface area contributed by atoms with Crippen LogP contribution >= 0.6 is 0 Å². The van der Waals surface area contributed by atoms with Crippen LogP contribution in [0.15, 0.2) is 4.99 Å². The lowest BCUT2D eigenvalue weighted by molar-refractivity contribution is -0.117. The number of amides is 1. The lowest BCUT2D eigenvalue weighted by Crippen LogP contribution is -2.17. The van der Waals surface area contributed by atoms with Crippen molar-refractivity contribution in [3.63, 3.8) is 0 Å². The molecule has 0 saturated heterocycles. The number of halogens is 2. The topological polar surface area (TPSA) is 41.5 Å². The number of alkyl halides is 2. The molecule has 0 aromatic rings. The van der Waals surface area contributed by atoms with E-state index in [1.54, 1.807) is 0 Å². The summed E-state index contributed by atoms with van der Waals surface area (Å²) < 4.78 is 22.7. The van der Waals surface area contributed by atoms with Crippen molar-refractivity contribution in [2.24, 2.45) is 4.99 Å². The molecule has 0 unspecified atom stereocenters. The molecule has 0 bridgehead atoms. The van der Waals surface area contributed by atoms with Crippen LogP contribution in [0.5, 0.6) is 0 Å². The molecule has 1 N–H and O–H groups in total. The Labute approximate surface area is 57.1 Å². The van der Waals surface area contributed by atoms with Crippen molar-refractivity contribution in [1.29, 1.82) is 0 Å². The molecule has 58 valence electrons. The fourth-order valence-electron chi connectivity index (χ4n) is 0.269. The van der Waals surface area contributed by atoms with E-state index in [4.69, 9.17) is 0 Å². The van der Waals surface area contributed by atoms with E-state index < -0.39 is 13.0 Å². The molecule has 0 aromatic carbocycles. The third kappa shape index (κ3) is 7.00. The van der Waals surface area contributed by atoms with Gasteiger partial charge in [-0.25, -0.2) is 8.78 Å². The number of aliphatic imine (C=N–C) groups is 1. The second-order valence-corrected chi connectivity index (χ2v) is 1.59. The van der Waals surface area contributed by atoms with Gasteiger partial charge in [-0.05, 0) is 0 Å². The van der Waals surface area contributed by atoms with Crippen LogP contribution < -0.4 is 5.32 Å². The Morgan fingerprint density at radius 3 is 2.80 bits per heavy atom. The smallest absolute Gasteiger partial charge is 0.257 e. The van der Waals surface area contributed by atoms with Crippen molar-refractivity contribution in [2.75, 3.05) is 6.54 Å². The molecule has 0 aliphatic heterocycles. The molecule has 0 radical (unpaired) electrons. The molecule has 0 fully saturated rings. The zero-order valence-corrected chi connectivity index (χ0v) is 5.47. The predicted octanol–water partition coefficient (Wildman–Crippen LogP) is 0.416. The van der Waals surface area contributed by atoms with Gasteiger partial charge in [0.15, 0.2) is 0 Å². The van der Waals surface area contributed by atoms with E-state index in [1.165, 1.54) is 6.92 Å². The summed E-state index contributed by atoms with van der Waals surface area (Å²) in [5.41, 5.74) is 0. The van der Waals surface area contributed by atoms with Crippen molar-refractivity contribution in [3.8, 4) is 0 Å². The maximum absolute atomic E-state index is 11.3. The van der Waals surface area contributed by atoms with E-state index in [1.807, 2.05) is 0 Å². The molecule has 0 atom stereocenters. The zero-order chi connectivity index (χ0) is 7.98. The van der Waals surface area contributed by atoms with Gasteiger partial charge in [0, 0.05) is 6.92 Å². The van der Waals surface area contributed by atoms with Crippen LogP contribution in [0.1, 0.15) is 6.92 Å². The first-order valence-electron chi connectivity index (χ1n) is 2.66. The van der Waals surface area contributed by atoms with Crippen molar-refractivity contribution < 1.29 is 13.6 Å². The maximum atomic E-state index is 11.3. The summed E-state index contributed by atoms with van der Waals surface area (Å²) in [7, 11) is 0. The fourth-order valence-corrected chi connectivity index (χ4v) is 0.269. The fraction of sp³-hybridized carbons (Fsp3) is 0.600. The van der Waals surface area contributed by atoms with E-state index in [9.17, 15) is 13.6 Å². The number of nitrogens with zero attached hydrogens (tertiary/aromatic N) is 1. The highest BCUT2D eigenvalue weighted by molar-refractivity contribution is 5.85. The summed E-state index contributed by atoms with van der Waals surface area (Å²) >= 11 is 0. The minimum absolute atomic E-state index is 0.321. The Hall–Kier alpha value is -1.00. The predicted molar refractivity (Wildman–Crippen MR) is 33.2 cm³/mol. The van der Waals surface area contributed by atoms with Crippen molar-refractivity contribution in [1.82, 2.24) is 5.32 Å². The third-order valence-electron chi connectivity index (χ3n) is 0.603. The van der Waals surface area contributed by atoms with Gasteiger partial charge < -0.3 is 5.32 Å². The second-order valence-electron chi connectivity index (χ2n) is 1.59. The van der Waals surface area contributed by atoms with Crippen LogP contribution in [0.2, 0.25) is 0 Å². The number of rotatable bonds is 3. The summed E-state index contributed by atoms with van der Waals surface area (Å²) in [6.45, 7) is 0.703. The molecular weight excluding hydrogens is 142 g/mol. The number of carbonyl (C=O) groups excluding carboxylic acids is 1. The summed E-state index contributed by atoms with van der Waals surface area (Å²) in [6, 6.07) is 0. The lowest BCUT2D eigenvalue weighted by atomic mass is 10.7. The molecule has 0 heterocycles. The molecule has 10 heavy (non-hydrogen) atoms. The highest BCUT2D eigenvalue weighted by Gasteiger charge is 1.96. The van der Waals surface area contributed by atoms with Gasteiger partial charge in [0.1, 0.15) is 6.54 Å². The van der Waals surface area contributed by atoms with Crippen LogP contribution in [0.4, 0.5) is 8.78 Å². The SMILES string of the molecule is CC(=O)N/C=N\CC(F)F. The largest absolute Gasteiger partial charge is 0.317 e. The number of nitrogens with one attached hydrogen (secondary N) is 1. The average molecular weight is 150 g/mol. The zero-order valence-electron chi connectivity index (χ0n) is 5.47. The van der Waals surface area contributed by atoms with Crippen LogP contribution in [0.3, 0.4) is 0 Å². The van der Waals surface area contributed by atoms with Gasteiger partial charge in [-0.1, -0.05) is 0 Å². The van der Waals surface area contributed by atoms with Gasteiger partial charge >= 0.3 is 0 Å². The van der Waals surface area contributed by atoms with Gasteiger partial charge in [-0.2, -0.15) is 0 Å². The van der Waals surface area contributed by atoms with E-state index in [2.05, 4.69) is 10.3 Å². The summed E-state index contributed by atoms with van der Waals surface area (Å²) in [5.74, 6) is -0.321. The maximum Gasteiger partial charge on any atom is 0.257 e. The van der Waals surface area contributed by atoms with Gasteiger partial charge in [0.25, 0.3) is 6.43 Å². The quantitative estimate of drug-likeness (QED) is 0.459. The Bertz CT molecular complexity index is 136. The van der Waals surface area contributed by atoms with E-state index in [0.29, 0.717) is 0 Å². The van der Waals surface area contributed by atoms with Crippen LogP contribution in [-0.4, -0.2) is 25.2 Å². The molecule has 1 amide bonds. The molecule has 0 rings (SSSR count). The van der Waals surface area contributed by atoms with Gasteiger partial charge in [-0.15, -0.1) is 0 Å². The molecular formula is C5H8F2N2O. The highest BCUT2D eigenvalue weighted by atomic mass is 19.3. The van der Waals surface area contributed by atoms with Gasteiger partial charge in [0.05, 0.1) is 6.34 Å². The van der Waals surface area contributed by atoms with Gasteiger partial charge in [-0.3, -0.25) is 9.79 Å². The molecule has 0 spiro atoms. The molecule has 0 saturated carbocycles. The lowest BCUT2D eigenvalue weighted by Gasteiger charge is -1.91. The first-order chi connectivity index (χ1) is 4.63. The number of hydrogen-bond donors (Lipinski definition) is 1. The average Bonchev–Trinajstić information content (AvgIpc) is 1.79. The van der Waals surface area contributed by atoms with Crippen LogP contribution in [0.25, 0.3) is 0 Å². The monoisotopic (exact) mass is 150 g/mol. The van der Waals surface area contributed by atoms with Crippen molar-refractivity contribution in [2.45, 2.75) is 13.3 Å². The summed E-state index contributed by atoms with van der Waals surface area (Å²) in [6.07, 6.45) is -1.49. The van der Waals surface area contributed by atoms with Crippen LogP contribution in [-0.2, 0) is 4.79 Å².